The van der Waals surface area contributed by atoms with Crippen molar-refractivity contribution in [2.24, 2.45) is 0 Å². The van der Waals surface area contributed by atoms with Crippen LogP contribution in [-0.2, 0) is 9.47 Å². The van der Waals surface area contributed by atoms with Gasteiger partial charge in [-0.25, -0.2) is 0 Å². The fraction of sp³-hybridized carbons (Fsp3) is 0.583. The molecule has 1 saturated heterocycles. The van der Waals surface area contributed by atoms with Crippen LogP contribution in [-0.4, -0.2) is 34.4 Å². The average molecular weight is 312 g/mol. The minimum Gasteiger partial charge on any atom is -0.385 e. The van der Waals surface area contributed by atoms with Crippen LogP contribution in [0.2, 0.25) is 0 Å². The van der Waals surface area contributed by atoms with E-state index in [-0.39, 0.29) is 21.6 Å². The largest absolute Gasteiger partial charge is 0.385 e. The first-order valence-electron chi connectivity index (χ1n) is 6.65. The Labute approximate surface area is 123 Å². The standard InChI is InChI=1S/C12H16N4O4S/c1-19-5-4-6-2-3-7(20-6)16-9-8(21-12(16)18)10(17)15-11(13)14-9/h6-7H,2-5H2,1H3,(H3,13,14,15,17)/t6-,7?/m0/s1. The van der Waals surface area contributed by atoms with E-state index in [0.29, 0.717) is 18.7 Å². The molecular formula is C12H16N4O4S. The first-order valence-corrected chi connectivity index (χ1v) is 7.47. The van der Waals surface area contributed by atoms with Gasteiger partial charge < -0.3 is 15.2 Å². The topological polar surface area (TPSA) is 112 Å². The predicted molar refractivity (Wildman–Crippen MR) is 78.6 cm³/mol. The molecular weight excluding hydrogens is 296 g/mol. The molecule has 3 heterocycles. The van der Waals surface area contributed by atoms with Crippen molar-refractivity contribution in [3.05, 3.63) is 20.0 Å². The quantitative estimate of drug-likeness (QED) is 0.847. The summed E-state index contributed by atoms with van der Waals surface area (Å²) in [7, 11) is 1.64. The molecule has 0 aromatic carbocycles. The third kappa shape index (κ3) is 2.59. The second kappa shape index (κ2) is 5.58. The number of anilines is 1. The Morgan fingerprint density at radius 2 is 2.33 bits per heavy atom. The molecule has 0 radical (unpaired) electrons. The number of nitrogens with zero attached hydrogens (tertiary/aromatic N) is 2. The summed E-state index contributed by atoms with van der Waals surface area (Å²) in [6.45, 7) is 0.613. The fourth-order valence-electron chi connectivity index (χ4n) is 2.54. The van der Waals surface area contributed by atoms with Crippen molar-refractivity contribution in [1.82, 2.24) is 14.5 Å². The van der Waals surface area contributed by atoms with E-state index in [0.717, 1.165) is 24.2 Å². The normalized spacial score (nSPS) is 22.1. The maximum atomic E-state index is 12.2. The summed E-state index contributed by atoms with van der Waals surface area (Å²) in [5.74, 6) is -0.00650. The number of ether oxygens (including phenoxy) is 2. The summed E-state index contributed by atoms with van der Waals surface area (Å²) >= 11 is 0.861. The van der Waals surface area contributed by atoms with Crippen molar-refractivity contribution >= 4 is 27.6 Å². The summed E-state index contributed by atoms with van der Waals surface area (Å²) < 4.78 is 12.6. The van der Waals surface area contributed by atoms with Gasteiger partial charge >= 0.3 is 4.87 Å². The second-order valence-corrected chi connectivity index (χ2v) is 5.88. The van der Waals surface area contributed by atoms with Gasteiger partial charge in [-0.05, 0) is 19.3 Å². The molecule has 1 fully saturated rings. The van der Waals surface area contributed by atoms with Gasteiger partial charge in [-0.2, -0.15) is 4.98 Å². The van der Waals surface area contributed by atoms with Crippen LogP contribution in [0.1, 0.15) is 25.5 Å². The first kappa shape index (κ1) is 14.2. The molecule has 8 nitrogen and oxygen atoms in total. The van der Waals surface area contributed by atoms with Gasteiger partial charge in [-0.1, -0.05) is 11.3 Å². The summed E-state index contributed by atoms with van der Waals surface area (Å²) in [4.78, 5) is 30.2. The van der Waals surface area contributed by atoms with Gasteiger partial charge in [0, 0.05) is 13.7 Å². The van der Waals surface area contributed by atoms with Crippen LogP contribution in [0.4, 0.5) is 5.95 Å². The van der Waals surface area contributed by atoms with Crippen molar-refractivity contribution < 1.29 is 9.47 Å². The molecule has 1 unspecified atom stereocenters. The SMILES string of the molecule is COCC[C@@H]1CCC(n2c(=O)sc3c(=O)[nH]c(N)nc32)O1. The molecule has 2 aromatic rings. The van der Waals surface area contributed by atoms with Crippen molar-refractivity contribution in [3.8, 4) is 0 Å². The number of aromatic amines is 1. The van der Waals surface area contributed by atoms with E-state index >= 15 is 0 Å². The molecule has 0 bridgehead atoms. The molecule has 0 amide bonds. The summed E-state index contributed by atoms with van der Waals surface area (Å²) in [5, 5.41) is 0. The maximum Gasteiger partial charge on any atom is 0.311 e. The number of thiazole rings is 1. The third-order valence-electron chi connectivity index (χ3n) is 3.51. The Balaban J connectivity index is 1.96. The number of methoxy groups -OCH3 is 1. The van der Waals surface area contributed by atoms with Gasteiger partial charge in [-0.3, -0.25) is 19.1 Å². The van der Waals surface area contributed by atoms with Gasteiger partial charge in [0.1, 0.15) is 10.9 Å². The number of nitrogen functional groups attached to an aromatic ring is 1. The zero-order valence-electron chi connectivity index (χ0n) is 11.5. The van der Waals surface area contributed by atoms with E-state index in [1.54, 1.807) is 7.11 Å². The number of hydrogen-bond donors (Lipinski definition) is 2. The number of aromatic nitrogens is 3. The van der Waals surface area contributed by atoms with E-state index < -0.39 is 11.8 Å². The highest BCUT2D eigenvalue weighted by atomic mass is 32.1. The lowest BCUT2D eigenvalue weighted by atomic mass is 10.2. The second-order valence-electron chi connectivity index (χ2n) is 4.91. The van der Waals surface area contributed by atoms with Crippen molar-refractivity contribution in [3.63, 3.8) is 0 Å². The van der Waals surface area contributed by atoms with Gasteiger partial charge in [0.25, 0.3) is 5.56 Å². The van der Waals surface area contributed by atoms with Gasteiger partial charge in [0.15, 0.2) is 5.65 Å². The van der Waals surface area contributed by atoms with Crippen LogP contribution in [0.3, 0.4) is 0 Å². The van der Waals surface area contributed by atoms with Crippen molar-refractivity contribution in [2.45, 2.75) is 31.6 Å². The Hall–Kier alpha value is -1.71. The zero-order chi connectivity index (χ0) is 15.0. The van der Waals surface area contributed by atoms with Crippen LogP contribution in [0, 0.1) is 0 Å². The highest BCUT2D eigenvalue weighted by Crippen LogP contribution is 2.31. The molecule has 3 N–H and O–H groups in total. The van der Waals surface area contributed by atoms with E-state index in [2.05, 4.69) is 9.97 Å². The maximum absolute atomic E-state index is 12.2. The summed E-state index contributed by atoms with van der Waals surface area (Å²) in [6.07, 6.45) is 1.98. The van der Waals surface area contributed by atoms with Crippen LogP contribution < -0.4 is 16.2 Å². The lowest BCUT2D eigenvalue weighted by Crippen LogP contribution is -2.21. The molecule has 114 valence electrons. The molecule has 0 spiro atoms. The van der Waals surface area contributed by atoms with Crippen molar-refractivity contribution in [2.75, 3.05) is 19.5 Å². The third-order valence-corrected chi connectivity index (χ3v) is 4.45. The van der Waals surface area contributed by atoms with Crippen LogP contribution in [0.15, 0.2) is 9.59 Å². The smallest absolute Gasteiger partial charge is 0.311 e. The van der Waals surface area contributed by atoms with E-state index in [4.69, 9.17) is 15.2 Å². The summed E-state index contributed by atoms with van der Waals surface area (Å²) in [5.41, 5.74) is 5.46. The van der Waals surface area contributed by atoms with Crippen LogP contribution in [0.25, 0.3) is 10.3 Å². The number of fused-ring (bicyclic) bond motifs is 1. The molecule has 0 aliphatic carbocycles. The minimum atomic E-state index is -0.401. The predicted octanol–water partition coefficient (Wildman–Crippen LogP) is 0.443. The van der Waals surface area contributed by atoms with Gasteiger partial charge in [-0.15, -0.1) is 0 Å². The van der Waals surface area contributed by atoms with Crippen LogP contribution in [0.5, 0.6) is 0 Å². The van der Waals surface area contributed by atoms with E-state index in [1.165, 1.54) is 4.57 Å². The minimum absolute atomic E-state index is 0.00650. The zero-order valence-corrected chi connectivity index (χ0v) is 12.3. The molecule has 1 aliphatic rings. The van der Waals surface area contributed by atoms with Gasteiger partial charge in [0.2, 0.25) is 5.95 Å². The number of rotatable bonds is 4. The Morgan fingerprint density at radius 3 is 3.10 bits per heavy atom. The highest BCUT2D eigenvalue weighted by molar-refractivity contribution is 7.16. The molecule has 21 heavy (non-hydrogen) atoms. The first-order chi connectivity index (χ1) is 10.1. The lowest BCUT2D eigenvalue weighted by molar-refractivity contribution is -0.00972. The Bertz CT molecular complexity index is 765. The molecule has 0 saturated carbocycles. The number of H-pyrrole nitrogens is 1. The lowest BCUT2D eigenvalue weighted by Gasteiger charge is -2.14. The highest BCUT2D eigenvalue weighted by Gasteiger charge is 2.29. The molecule has 3 rings (SSSR count). The number of hydrogen-bond acceptors (Lipinski definition) is 7. The molecule has 2 aromatic heterocycles. The number of nitrogens with one attached hydrogen (secondary N) is 1. The fourth-order valence-corrected chi connectivity index (χ4v) is 3.39. The monoisotopic (exact) mass is 312 g/mol. The van der Waals surface area contributed by atoms with E-state index in [9.17, 15) is 9.59 Å². The Kier molecular flexibility index (Phi) is 3.79. The number of nitrogens with two attached hydrogens (primary N) is 1. The van der Waals surface area contributed by atoms with Crippen LogP contribution >= 0.6 is 11.3 Å². The Morgan fingerprint density at radius 1 is 1.52 bits per heavy atom. The molecule has 2 atom stereocenters. The molecule has 1 aliphatic heterocycles. The summed E-state index contributed by atoms with van der Waals surface area (Å²) in [6, 6.07) is 0. The van der Waals surface area contributed by atoms with Crippen molar-refractivity contribution in [1.29, 1.82) is 0 Å². The van der Waals surface area contributed by atoms with E-state index in [1.807, 2.05) is 0 Å². The molecule has 9 heteroatoms. The van der Waals surface area contributed by atoms with Gasteiger partial charge in [0.05, 0.1) is 6.10 Å². The average Bonchev–Trinajstić information content (AvgIpc) is 3.00.